The fourth-order valence-electron chi connectivity index (χ4n) is 4.36. The van der Waals surface area contributed by atoms with Gasteiger partial charge in [-0.25, -0.2) is 4.79 Å². The van der Waals surface area contributed by atoms with Crippen LogP contribution in [-0.4, -0.2) is 31.1 Å². The van der Waals surface area contributed by atoms with Crippen LogP contribution in [0.25, 0.3) is 17.0 Å². The number of thioether (sulfide) groups is 1. The Morgan fingerprint density at radius 3 is 2.41 bits per heavy atom. The van der Waals surface area contributed by atoms with Gasteiger partial charge in [0, 0.05) is 44.5 Å². The van der Waals surface area contributed by atoms with Crippen LogP contribution in [0.4, 0.5) is 5.69 Å². The zero-order valence-corrected chi connectivity index (χ0v) is 24.6. The Hall–Kier alpha value is -5.48. The molecule has 1 aromatic heterocycles. The van der Waals surface area contributed by atoms with Crippen molar-refractivity contribution in [3.8, 4) is 17.2 Å². The molecule has 2 amide bonds. The number of carbonyl (C=O) groups excluding carboxylic acids is 2. The number of phenolic OH excluding ortho intramolecular Hbond substituents is 1. The van der Waals surface area contributed by atoms with E-state index in [0.29, 0.717) is 50.6 Å². The van der Waals surface area contributed by atoms with Gasteiger partial charge in [0.2, 0.25) is 0 Å². The van der Waals surface area contributed by atoms with Crippen LogP contribution in [0.1, 0.15) is 21.5 Å². The second-order valence-corrected chi connectivity index (χ2v) is 10.6. The Bertz CT molecular complexity index is 1900. The first-order valence-corrected chi connectivity index (χ1v) is 14.4. The van der Waals surface area contributed by atoms with Gasteiger partial charge >= 0.3 is 5.63 Å². The van der Waals surface area contributed by atoms with E-state index in [9.17, 15) is 19.5 Å². The lowest BCUT2D eigenvalue weighted by Gasteiger charge is -2.14. The topological polar surface area (TPSA) is 127 Å². The molecule has 0 aliphatic rings. The van der Waals surface area contributed by atoms with Crippen molar-refractivity contribution < 1.29 is 28.6 Å². The van der Waals surface area contributed by atoms with E-state index in [1.54, 1.807) is 72.8 Å². The molecule has 0 fully saturated rings. The molecule has 0 aliphatic carbocycles. The van der Waals surface area contributed by atoms with E-state index >= 15 is 0 Å². The van der Waals surface area contributed by atoms with Crippen LogP contribution in [0, 0.1) is 0 Å². The minimum Gasteiger partial charge on any atom is -0.508 e. The first-order chi connectivity index (χ1) is 21.3. The molecule has 5 aromatic rings. The Morgan fingerprint density at radius 1 is 0.909 bits per heavy atom. The molecule has 0 aliphatic heterocycles. The van der Waals surface area contributed by atoms with Crippen LogP contribution in [0.15, 0.2) is 117 Å². The number of aromatic hydroxyl groups is 1. The summed E-state index contributed by atoms with van der Waals surface area (Å²) in [7, 11) is 3.01. The van der Waals surface area contributed by atoms with E-state index in [1.165, 1.54) is 44.2 Å². The van der Waals surface area contributed by atoms with Gasteiger partial charge in [-0.15, -0.1) is 11.8 Å². The number of hydrogen-bond acceptors (Lipinski definition) is 8. The number of amides is 2. The highest BCUT2D eigenvalue weighted by molar-refractivity contribution is 7.98. The number of carbonyl (C=O) groups is 2. The maximum absolute atomic E-state index is 13.5. The van der Waals surface area contributed by atoms with Crippen molar-refractivity contribution in [2.45, 2.75) is 10.6 Å². The largest absolute Gasteiger partial charge is 0.508 e. The summed E-state index contributed by atoms with van der Waals surface area (Å²) in [5, 5.41) is 15.9. The van der Waals surface area contributed by atoms with Crippen LogP contribution in [0.5, 0.6) is 17.2 Å². The quantitative estimate of drug-likeness (QED) is 0.0970. The van der Waals surface area contributed by atoms with Crippen molar-refractivity contribution >= 4 is 46.3 Å². The molecule has 0 spiro atoms. The van der Waals surface area contributed by atoms with Gasteiger partial charge in [-0.2, -0.15) is 0 Å². The smallest absolute Gasteiger partial charge is 0.340 e. The van der Waals surface area contributed by atoms with Crippen molar-refractivity contribution in [1.82, 2.24) is 5.32 Å². The van der Waals surface area contributed by atoms with E-state index in [1.807, 2.05) is 12.1 Å². The Labute approximate surface area is 257 Å². The summed E-state index contributed by atoms with van der Waals surface area (Å²) in [5.41, 5.74) is 1.77. The van der Waals surface area contributed by atoms with E-state index in [-0.39, 0.29) is 11.4 Å². The van der Waals surface area contributed by atoms with E-state index < -0.39 is 17.4 Å². The monoisotopic (exact) mass is 608 g/mol. The fraction of sp³-hybridized carbons (Fsp3) is 0.0882. The van der Waals surface area contributed by atoms with Crippen molar-refractivity contribution in [3.05, 3.63) is 130 Å². The van der Waals surface area contributed by atoms with Gasteiger partial charge in [0.05, 0.1) is 14.2 Å². The molecule has 9 nitrogen and oxygen atoms in total. The second kappa shape index (κ2) is 13.7. The second-order valence-electron chi connectivity index (χ2n) is 9.51. The maximum Gasteiger partial charge on any atom is 0.340 e. The number of methoxy groups -OCH3 is 2. The van der Waals surface area contributed by atoms with Crippen molar-refractivity contribution in [3.63, 3.8) is 0 Å². The molecule has 0 atom stereocenters. The number of benzene rings is 4. The lowest BCUT2D eigenvalue weighted by molar-refractivity contribution is -0.113. The lowest BCUT2D eigenvalue weighted by atomic mass is 10.1. The molecule has 1 heterocycles. The lowest BCUT2D eigenvalue weighted by Crippen LogP contribution is -2.30. The molecule has 0 bridgehead atoms. The van der Waals surface area contributed by atoms with Crippen molar-refractivity contribution in [2.75, 3.05) is 19.5 Å². The predicted octanol–water partition coefficient (Wildman–Crippen LogP) is 6.22. The molecule has 0 saturated carbocycles. The molecular weight excluding hydrogens is 580 g/mol. The molecule has 4 aromatic carbocycles. The van der Waals surface area contributed by atoms with E-state index in [0.717, 1.165) is 4.90 Å². The number of hydrogen-bond donors (Lipinski definition) is 3. The summed E-state index contributed by atoms with van der Waals surface area (Å²) in [6, 6.07) is 27.3. The molecule has 222 valence electrons. The Kier molecular flexibility index (Phi) is 9.31. The summed E-state index contributed by atoms with van der Waals surface area (Å²) in [4.78, 5) is 39.7. The molecule has 10 heteroatoms. The first kappa shape index (κ1) is 30.0. The zero-order valence-electron chi connectivity index (χ0n) is 23.8. The van der Waals surface area contributed by atoms with Gasteiger partial charge in [0.25, 0.3) is 11.8 Å². The van der Waals surface area contributed by atoms with Crippen LogP contribution < -0.4 is 25.7 Å². The number of anilines is 1. The average molecular weight is 609 g/mol. The molecule has 3 N–H and O–H groups in total. The van der Waals surface area contributed by atoms with Gasteiger partial charge < -0.3 is 29.6 Å². The molecule has 44 heavy (non-hydrogen) atoms. The summed E-state index contributed by atoms with van der Waals surface area (Å²) in [6.07, 6.45) is 1.53. The van der Waals surface area contributed by atoms with Gasteiger partial charge in [0.1, 0.15) is 17.0 Å². The SMILES string of the molecule is COc1cccc(/C=C(\NC(=O)c2ccccc2)C(=O)Nc2ccc(SCc3cc4ccc(O)cc4oc3=O)cc2)c1OC. The highest BCUT2D eigenvalue weighted by Gasteiger charge is 2.17. The van der Waals surface area contributed by atoms with E-state index in [2.05, 4.69) is 10.6 Å². The number of fused-ring (bicyclic) bond motifs is 1. The molecular formula is C34H28N2O7S. The molecule has 0 radical (unpaired) electrons. The number of phenols is 1. The van der Waals surface area contributed by atoms with Crippen molar-refractivity contribution in [2.24, 2.45) is 0 Å². The third-order valence-corrected chi connectivity index (χ3v) is 7.62. The van der Waals surface area contributed by atoms with Gasteiger partial charge in [0.15, 0.2) is 11.5 Å². The Morgan fingerprint density at radius 2 is 1.68 bits per heavy atom. The molecule has 5 rings (SSSR count). The molecule has 0 unspecified atom stereocenters. The standard InChI is InChI=1S/C34H28N2O7S/c1-41-29-10-6-9-23(31(29)42-2)18-28(36-32(38)21-7-4-3-5-8-21)33(39)35-25-12-15-27(16-13-25)44-20-24-17-22-11-14-26(37)19-30(22)43-34(24)40/h3-19,37H,20H2,1-2H3,(H,35,39)(H,36,38)/b28-18-. The van der Waals surface area contributed by atoms with Gasteiger partial charge in [-0.3, -0.25) is 9.59 Å². The first-order valence-electron chi connectivity index (χ1n) is 13.4. The highest BCUT2D eigenvalue weighted by Crippen LogP contribution is 2.32. The van der Waals surface area contributed by atoms with E-state index in [4.69, 9.17) is 13.9 Å². The van der Waals surface area contributed by atoms with Gasteiger partial charge in [-0.05, 0) is 66.7 Å². The van der Waals surface area contributed by atoms with Crippen molar-refractivity contribution in [1.29, 1.82) is 0 Å². The van der Waals surface area contributed by atoms with Crippen LogP contribution in [-0.2, 0) is 10.5 Å². The summed E-state index contributed by atoms with van der Waals surface area (Å²) in [6.45, 7) is 0. The summed E-state index contributed by atoms with van der Waals surface area (Å²) >= 11 is 1.43. The third-order valence-electron chi connectivity index (χ3n) is 6.56. The minimum atomic E-state index is -0.542. The third kappa shape index (κ3) is 7.11. The van der Waals surface area contributed by atoms with Crippen LogP contribution in [0.3, 0.4) is 0 Å². The number of rotatable bonds is 10. The Balaban J connectivity index is 1.33. The summed E-state index contributed by atoms with van der Waals surface area (Å²) in [5.74, 6) is 0.288. The minimum absolute atomic E-state index is 0.000191. The van der Waals surface area contributed by atoms with Gasteiger partial charge in [-0.1, -0.05) is 30.3 Å². The number of nitrogens with one attached hydrogen (secondary N) is 2. The summed E-state index contributed by atoms with van der Waals surface area (Å²) < 4.78 is 16.2. The average Bonchev–Trinajstić information content (AvgIpc) is 3.04. The van der Waals surface area contributed by atoms with Crippen LogP contribution in [0.2, 0.25) is 0 Å². The normalized spacial score (nSPS) is 11.2. The number of para-hydroxylation sites is 1. The highest BCUT2D eigenvalue weighted by atomic mass is 32.2. The fourth-order valence-corrected chi connectivity index (χ4v) is 5.21. The number of ether oxygens (including phenoxy) is 2. The zero-order chi connectivity index (χ0) is 31.1. The van der Waals surface area contributed by atoms with Crippen LogP contribution >= 0.6 is 11.8 Å². The molecule has 0 saturated heterocycles. The predicted molar refractivity (Wildman–Crippen MR) is 170 cm³/mol. The maximum atomic E-state index is 13.5.